The van der Waals surface area contributed by atoms with Crippen LogP contribution in [0, 0.1) is 0 Å². The van der Waals surface area contributed by atoms with E-state index < -0.39 is 0 Å². The van der Waals surface area contributed by atoms with Crippen molar-refractivity contribution < 1.29 is 0 Å². The second-order valence-corrected chi connectivity index (χ2v) is 4.38. The number of hydrogen-bond acceptors (Lipinski definition) is 2. The highest BCUT2D eigenvalue weighted by atomic mass is 32.1. The van der Waals surface area contributed by atoms with Gasteiger partial charge in [0.15, 0.2) is 0 Å². The molecule has 2 heterocycles. The fourth-order valence-electron chi connectivity index (χ4n) is 1.56. The summed E-state index contributed by atoms with van der Waals surface area (Å²) in [6.07, 6.45) is 4.35. The van der Waals surface area contributed by atoms with Crippen molar-refractivity contribution in [3.05, 3.63) is 46.4 Å². The maximum atomic E-state index is 3.33. The van der Waals surface area contributed by atoms with E-state index in [4.69, 9.17) is 0 Å². The minimum Gasteiger partial charge on any atom is -0.350 e. The smallest absolute Gasteiger partial charge is 0.0478 e. The predicted molar refractivity (Wildman–Crippen MR) is 65.2 cm³/mol. The Balaban J connectivity index is 1.95. The highest BCUT2D eigenvalue weighted by molar-refractivity contribution is 7.07. The Bertz CT molecular complexity index is 389. The summed E-state index contributed by atoms with van der Waals surface area (Å²) in [5.74, 6) is 0. The van der Waals surface area contributed by atoms with Crippen LogP contribution >= 0.6 is 11.3 Å². The predicted octanol–water partition coefficient (Wildman–Crippen LogP) is 2.71. The molecule has 0 bridgehead atoms. The maximum Gasteiger partial charge on any atom is 0.0478 e. The van der Waals surface area contributed by atoms with Crippen LogP contribution in [0.5, 0.6) is 0 Å². The Morgan fingerprint density at radius 1 is 1.33 bits per heavy atom. The number of nitrogens with zero attached hydrogens (tertiary/aromatic N) is 1. The largest absolute Gasteiger partial charge is 0.350 e. The Hall–Kier alpha value is -1.06. The molecule has 0 radical (unpaired) electrons. The highest BCUT2D eigenvalue weighted by Gasteiger charge is 1.97. The first-order chi connectivity index (χ1) is 7.38. The van der Waals surface area contributed by atoms with E-state index in [0.29, 0.717) is 0 Å². The van der Waals surface area contributed by atoms with Gasteiger partial charge in [0, 0.05) is 25.5 Å². The molecule has 0 spiro atoms. The maximum absolute atomic E-state index is 3.33. The van der Waals surface area contributed by atoms with Crippen molar-refractivity contribution in [1.82, 2.24) is 9.88 Å². The van der Waals surface area contributed by atoms with Crippen molar-refractivity contribution >= 4 is 11.3 Å². The van der Waals surface area contributed by atoms with E-state index in [9.17, 15) is 0 Å². The van der Waals surface area contributed by atoms with Crippen LogP contribution in [0.25, 0.3) is 0 Å². The number of nitrogens with one attached hydrogen (secondary N) is 1. The Labute approximate surface area is 94.6 Å². The van der Waals surface area contributed by atoms with Gasteiger partial charge in [-0.2, -0.15) is 11.3 Å². The fraction of sp³-hybridized carbons (Fsp3) is 0.333. The summed E-state index contributed by atoms with van der Waals surface area (Å²) in [5.41, 5.74) is 2.73. The molecule has 0 aliphatic rings. The zero-order valence-corrected chi connectivity index (χ0v) is 9.76. The first-order valence-electron chi connectivity index (χ1n) is 5.25. The van der Waals surface area contributed by atoms with Crippen LogP contribution in [0.3, 0.4) is 0 Å². The van der Waals surface area contributed by atoms with Crippen LogP contribution < -0.4 is 5.32 Å². The monoisotopic (exact) mass is 220 g/mol. The van der Waals surface area contributed by atoms with Crippen molar-refractivity contribution in [3.63, 3.8) is 0 Å². The van der Waals surface area contributed by atoms with Gasteiger partial charge >= 0.3 is 0 Å². The molecule has 0 aliphatic heterocycles. The van der Waals surface area contributed by atoms with E-state index in [1.165, 1.54) is 11.1 Å². The van der Waals surface area contributed by atoms with Gasteiger partial charge in [-0.1, -0.05) is 6.92 Å². The van der Waals surface area contributed by atoms with Gasteiger partial charge in [0.2, 0.25) is 0 Å². The van der Waals surface area contributed by atoms with Crippen LogP contribution in [0.1, 0.15) is 18.1 Å². The molecule has 2 rings (SSSR count). The second kappa shape index (κ2) is 5.14. The molecule has 0 unspecified atom stereocenters. The van der Waals surface area contributed by atoms with Gasteiger partial charge in [0.25, 0.3) is 0 Å². The third kappa shape index (κ3) is 2.94. The number of thiophene rings is 1. The third-order valence-corrected chi connectivity index (χ3v) is 3.07. The minimum absolute atomic E-state index is 0.965. The molecule has 15 heavy (non-hydrogen) atoms. The van der Waals surface area contributed by atoms with E-state index in [2.05, 4.69) is 52.1 Å². The molecule has 0 saturated heterocycles. The van der Waals surface area contributed by atoms with Gasteiger partial charge in [-0.3, -0.25) is 0 Å². The Kier molecular flexibility index (Phi) is 3.59. The standard InChI is InChI=1S/C12H16N2S/c1-2-13-7-11-3-5-14(8-11)9-12-4-6-15-10-12/h3-6,8,10,13H,2,7,9H2,1H3. The molecule has 0 aliphatic carbocycles. The van der Waals surface area contributed by atoms with E-state index in [-0.39, 0.29) is 0 Å². The zero-order valence-electron chi connectivity index (χ0n) is 8.94. The number of aromatic nitrogens is 1. The third-order valence-electron chi connectivity index (χ3n) is 2.34. The lowest BCUT2D eigenvalue weighted by atomic mass is 10.3. The second-order valence-electron chi connectivity index (χ2n) is 3.60. The lowest BCUT2D eigenvalue weighted by Gasteiger charge is -2.00. The van der Waals surface area contributed by atoms with Crippen LogP contribution in [-0.2, 0) is 13.1 Å². The summed E-state index contributed by atoms with van der Waals surface area (Å²) in [5, 5.41) is 7.65. The van der Waals surface area contributed by atoms with Crippen LogP contribution in [-0.4, -0.2) is 11.1 Å². The van der Waals surface area contributed by atoms with Gasteiger partial charge in [-0.05, 0) is 40.6 Å². The zero-order chi connectivity index (χ0) is 10.5. The molecule has 1 N–H and O–H groups in total. The average molecular weight is 220 g/mol. The van der Waals surface area contributed by atoms with E-state index >= 15 is 0 Å². The molecule has 3 heteroatoms. The normalized spacial score (nSPS) is 10.7. The van der Waals surface area contributed by atoms with Crippen LogP contribution in [0.2, 0.25) is 0 Å². The van der Waals surface area contributed by atoms with E-state index in [1.54, 1.807) is 11.3 Å². The van der Waals surface area contributed by atoms with Gasteiger partial charge in [0.05, 0.1) is 0 Å². The average Bonchev–Trinajstić information content (AvgIpc) is 2.87. The minimum atomic E-state index is 0.965. The van der Waals surface area contributed by atoms with Crippen molar-refractivity contribution in [3.8, 4) is 0 Å². The summed E-state index contributed by atoms with van der Waals surface area (Å²) in [7, 11) is 0. The topological polar surface area (TPSA) is 17.0 Å². The SMILES string of the molecule is CCNCc1ccn(Cc2ccsc2)c1. The molecule has 0 aromatic carbocycles. The van der Waals surface area contributed by atoms with Crippen LogP contribution in [0.15, 0.2) is 35.3 Å². The number of hydrogen-bond donors (Lipinski definition) is 1. The lowest BCUT2D eigenvalue weighted by Crippen LogP contribution is -2.11. The number of rotatable bonds is 5. The fourth-order valence-corrected chi connectivity index (χ4v) is 2.22. The Morgan fingerprint density at radius 3 is 3.00 bits per heavy atom. The van der Waals surface area contributed by atoms with Crippen molar-refractivity contribution in [2.75, 3.05) is 6.54 Å². The molecular formula is C12H16N2S. The van der Waals surface area contributed by atoms with E-state index in [0.717, 1.165) is 19.6 Å². The Morgan fingerprint density at radius 2 is 2.27 bits per heavy atom. The van der Waals surface area contributed by atoms with Crippen molar-refractivity contribution in [1.29, 1.82) is 0 Å². The lowest BCUT2D eigenvalue weighted by molar-refractivity contribution is 0.721. The van der Waals surface area contributed by atoms with E-state index in [1.807, 2.05) is 0 Å². The molecule has 2 aromatic heterocycles. The molecule has 2 aromatic rings. The van der Waals surface area contributed by atoms with Gasteiger partial charge in [-0.15, -0.1) is 0 Å². The van der Waals surface area contributed by atoms with Crippen LogP contribution in [0.4, 0.5) is 0 Å². The van der Waals surface area contributed by atoms with Gasteiger partial charge < -0.3 is 9.88 Å². The molecular weight excluding hydrogens is 204 g/mol. The molecule has 80 valence electrons. The highest BCUT2D eigenvalue weighted by Crippen LogP contribution is 2.09. The summed E-state index contributed by atoms with van der Waals surface area (Å²) < 4.78 is 2.23. The molecule has 0 fully saturated rings. The molecule has 0 saturated carbocycles. The summed E-state index contributed by atoms with van der Waals surface area (Å²) >= 11 is 1.75. The first-order valence-corrected chi connectivity index (χ1v) is 6.19. The summed E-state index contributed by atoms with van der Waals surface area (Å²) in [6, 6.07) is 4.35. The summed E-state index contributed by atoms with van der Waals surface area (Å²) in [6.45, 7) is 5.10. The first kappa shape index (κ1) is 10.5. The van der Waals surface area contributed by atoms with Crippen molar-refractivity contribution in [2.24, 2.45) is 0 Å². The quantitative estimate of drug-likeness (QED) is 0.820. The molecule has 2 nitrogen and oxygen atoms in total. The van der Waals surface area contributed by atoms with Gasteiger partial charge in [0.1, 0.15) is 0 Å². The molecule has 0 atom stereocenters. The van der Waals surface area contributed by atoms with Gasteiger partial charge in [-0.25, -0.2) is 0 Å². The summed E-state index contributed by atoms with van der Waals surface area (Å²) in [4.78, 5) is 0. The van der Waals surface area contributed by atoms with Crippen molar-refractivity contribution in [2.45, 2.75) is 20.0 Å². The molecule has 0 amide bonds.